The molecule has 1 aliphatic heterocycles. The third-order valence-corrected chi connectivity index (χ3v) is 3.82. The molecule has 1 nitrogen and oxygen atoms in total. The van der Waals surface area contributed by atoms with Crippen LogP contribution in [0.2, 0.25) is 0 Å². The summed E-state index contributed by atoms with van der Waals surface area (Å²) in [5.74, 6) is 0. The van der Waals surface area contributed by atoms with E-state index in [9.17, 15) is 0 Å². The Labute approximate surface area is 76.1 Å². The lowest BCUT2D eigenvalue weighted by Gasteiger charge is -2.40. The van der Waals surface area contributed by atoms with Crippen LogP contribution < -0.4 is 0 Å². The van der Waals surface area contributed by atoms with Crippen LogP contribution in [0.1, 0.15) is 46.5 Å². The van der Waals surface area contributed by atoms with E-state index in [1.807, 2.05) is 0 Å². The van der Waals surface area contributed by atoms with Crippen molar-refractivity contribution >= 4 is 0 Å². The van der Waals surface area contributed by atoms with Crippen LogP contribution in [0.25, 0.3) is 0 Å². The molecule has 1 heterocycles. The minimum atomic E-state index is 0.746. The predicted octanol–water partition coefficient (Wildman–Crippen LogP) is 2.66. The standard InChI is InChI=1S/C11H21N/c1-9(2)12-7-6-11(4-5-11)8-10(12)3/h9-10H,4-8H2,1-3H3. The molecule has 1 aliphatic carbocycles. The molecule has 1 atom stereocenters. The normalized spacial score (nSPS) is 34.5. The Morgan fingerprint density at radius 2 is 1.92 bits per heavy atom. The summed E-state index contributed by atoms with van der Waals surface area (Å²) >= 11 is 0. The largest absolute Gasteiger partial charge is 0.298 e. The molecule has 1 saturated heterocycles. The zero-order chi connectivity index (χ0) is 8.77. The van der Waals surface area contributed by atoms with Crippen molar-refractivity contribution in [1.82, 2.24) is 4.90 Å². The number of rotatable bonds is 1. The zero-order valence-corrected chi connectivity index (χ0v) is 8.64. The monoisotopic (exact) mass is 167 g/mol. The van der Waals surface area contributed by atoms with E-state index in [2.05, 4.69) is 25.7 Å². The molecule has 1 spiro atoms. The summed E-state index contributed by atoms with van der Waals surface area (Å²) in [7, 11) is 0. The molecule has 2 fully saturated rings. The highest BCUT2D eigenvalue weighted by atomic mass is 15.2. The van der Waals surface area contributed by atoms with Gasteiger partial charge in [0.1, 0.15) is 0 Å². The van der Waals surface area contributed by atoms with Crippen LogP contribution in [-0.4, -0.2) is 23.5 Å². The van der Waals surface area contributed by atoms with Gasteiger partial charge in [-0.15, -0.1) is 0 Å². The molecule has 0 bridgehead atoms. The fraction of sp³-hybridized carbons (Fsp3) is 1.00. The average Bonchev–Trinajstić information content (AvgIpc) is 2.68. The second-order valence-electron chi connectivity index (χ2n) is 5.13. The van der Waals surface area contributed by atoms with Crippen molar-refractivity contribution in [3.8, 4) is 0 Å². The van der Waals surface area contributed by atoms with Gasteiger partial charge in [-0.1, -0.05) is 0 Å². The third-order valence-electron chi connectivity index (χ3n) is 3.82. The molecular weight excluding hydrogens is 146 g/mol. The van der Waals surface area contributed by atoms with Gasteiger partial charge in [0.2, 0.25) is 0 Å². The first kappa shape index (κ1) is 8.55. The van der Waals surface area contributed by atoms with Crippen molar-refractivity contribution in [2.45, 2.75) is 58.5 Å². The van der Waals surface area contributed by atoms with Gasteiger partial charge in [-0.3, -0.25) is 4.90 Å². The molecule has 0 amide bonds. The van der Waals surface area contributed by atoms with Crippen LogP contribution in [0.15, 0.2) is 0 Å². The number of nitrogens with zero attached hydrogens (tertiary/aromatic N) is 1. The summed E-state index contributed by atoms with van der Waals surface area (Å²) < 4.78 is 0. The number of likely N-dealkylation sites (tertiary alicyclic amines) is 1. The maximum Gasteiger partial charge on any atom is 0.00749 e. The van der Waals surface area contributed by atoms with Crippen molar-refractivity contribution < 1.29 is 0 Å². The van der Waals surface area contributed by atoms with E-state index in [0.29, 0.717) is 0 Å². The first-order chi connectivity index (χ1) is 5.63. The van der Waals surface area contributed by atoms with E-state index in [1.54, 1.807) is 0 Å². The fourth-order valence-corrected chi connectivity index (χ4v) is 2.83. The lowest BCUT2D eigenvalue weighted by atomic mass is 9.88. The zero-order valence-electron chi connectivity index (χ0n) is 8.64. The summed E-state index contributed by atoms with van der Waals surface area (Å²) in [6, 6.07) is 1.58. The Kier molecular flexibility index (Phi) is 1.95. The number of hydrogen-bond acceptors (Lipinski definition) is 1. The van der Waals surface area contributed by atoms with Gasteiger partial charge in [-0.05, 0) is 58.4 Å². The summed E-state index contributed by atoms with van der Waals surface area (Å²) in [5.41, 5.74) is 0.824. The second-order valence-corrected chi connectivity index (χ2v) is 5.13. The molecule has 1 saturated carbocycles. The van der Waals surface area contributed by atoms with Crippen molar-refractivity contribution in [1.29, 1.82) is 0 Å². The lowest BCUT2D eigenvalue weighted by molar-refractivity contribution is 0.0833. The van der Waals surface area contributed by atoms with Crippen molar-refractivity contribution in [2.75, 3.05) is 6.54 Å². The molecule has 0 aromatic rings. The van der Waals surface area contributed by atoms with E-state index < -0.39 is 0 Å². The van der Waals surface area contributed by atoms with Crippen molar-refractivity contribution in [3.05, 3.63) is 0 Å². The van der Waals surface area contributed by atoms with Crippen LogP contribution in [-0.2, 0) is 0 Å². The molecule has 1 heteroatoms. The van der Waals surface area contributed by atoms with Gasteiger partial charge in [-0.25, -0.2) is 0 Å². The van der Waals surface area contributed by atoms with Crippen LogP contribution in [0.4, 0.5) is 0 Å². The highest BCUT2D eigenvalue weighted by molar-refractivity contribution is 4.99. The van der Waals surface area contributed by atoms with Crippen molar-refractivity contribution in [3.63, 3.8) is 0 Å². The summed E-state index contributed by atoms with van der Waals surface area (Å²) in [6.45, 7) is 8.39. The van der Waals surface area contributed by atoms with Gasteiger partial charge >= 0.3 is 0 Å². The number of hydrogen-bond donors (Lipinski definition) is 0. The highest BCUT2D eigenvalue weighted by Gasteiger charge is 2.46. The SMILES string of the molecule is CC(C)N1CCC2(CC2)CC1C. The van der Waals surface area contributed by atoms with E-state index in [-0.39, 0.29) is 0 Å². The van der Waals surface area contributed by atoms with Crippen LogP contribution in [0.5, 0.6) is 0 Å². The van der Waals surface area contributed by atoms with Gasteiger partial charge in [0.25, 0.3) is 0 Å². The maximum absolute atomic E-state index is 2.66. The van der Waals surface area contributed by atoms with E-state index in [0.717, 1.165) is 17.5 Å². The maximum atomic E-state index is 2.66. The Morgan fingerprint density at radius 1 is 1.25 bits per heavy atom. The van der Waals surface area contributed by atoms with Crippen LogP contribution >= 0.6 is 0 Å². The van der Waals surface area contributed by atoms with E-state index in [4.69, 9.17) is 0 Å². The summed E-state index contributed by atoms with van der Waals surface area (Å²) in [6.07, 6.45) is 5.97. The smallest absolute Gasteiger partial charge is 0.00749 e. The fourth-order valence-electron chi connectivity index (χ4n) is 2.83. The Bertz CT molecular complexity index is 170. The Balaban J connectivity index is 1.95. The van der Waals surface area contributed by atoms with Gasteiger partial charge < -0.3 is 0 Å². The molecule has 70 valence electrons. The molecule has 12 heavy (non-hydrogen) atoms. The average molecular weight is 167 g/mol. The van der Waals surface area contributed by atoms with Crippen molar-refractivity contribution in [2.24, 2.45) is 5.41 Å². The quantitative estimate of drug-likeness (QED) is 0.580. The first-order valence-corrected chi connectivity index (χ1v) is 5.39. The van der Waals surface area contributed by atoms with Gasteiger partial charge in [0.15, 0.2) is 0 Å². The molecule has 0 N–H and O–H groups in total. The Hall–Kier alpha value is -0.0400. The van der Waals surface area contributed by atoms with Gasteiger partial charge in [0, 0.05) is 12.1 Å². The van der Waals surface area contributed by atoms with Crippen LogP contribution in [0.3, 0.4) is 0 Å². The topological polar surface area (TPSA) is 3.24 Å². The molecule has 0 aromatic heterocycles. The molecular formula is C11H21N. The molecule has 1 unspecified atom stereocenters. The van der Waals surface area contributed by atoms with Gasteiger partial charge in [0.05, 0.1) is 0 Å². The molecule has 2 aliphatic rings. The van der Waals surface area contributed by atoms with Crippen LogP contribution in [0, 0.1) is 5.41 Å². The summed E-state index contributed by atoms with van der Waals surface area (Å²) in [5, 5.41) is 0. The minimum absolute atomic E-state index is 0.746. The van der Waals surface area contributed by atoms with E-state index in [1.165, 1.54) is 32.2 Å². The Morgan fingerprint density at radius 3 is 2.33 bits per heavy atom. The summed E-state index contributed by atoms with van der Waals surface area (Å²) in [4.78, 5) is 2.66. The minimum Gasteiger partial charge on any atom is -0.298 e. The molecule has 2 rings (SSSR count). The second kappa shape index (κ2) is 2.73. The first-order valence-electron chi connectivity index (χ1n) is 5.39. The lowest BCUT2D eigenvalue weighted by Crippen LogP contribution is -2.45. The molecule has 0 aromatic carbocycles. The highest BCUT2D eigenvalue weighted by Crippen LogP contribution is 2.55. The van der Waals surface area contributed by atoms with E-state index >= 15 is 0 Å². The number of piperidine rings is 1. The van der Waals surface area contributed by atoms with Gasteiger partial charge in [-0.2, -0.15) is 0 Å². The third kappa shape index (κ3) is 1.39. The molecule has 0 radical (unpaired) electrons. The predicted molar refractivity (Wildman–Crippen MR) is 52.2 cm³/mol.